The first-order valence-electron chi connectivity index (χ1n) is 23.4. The van der Waals surface area contributed by atoms with Crippen LogP contribution in [0.15, 0.2) is 0 Å². The molecule has 0 radical (unpaired) electrons. The molecule has 0 aliphatic rings. The minimum atomic E-state index is -0.759. The van der Waals surface area contributed by atoms with Crippen molar-refractivity contribution in [2.45, 2.75) is 265 Å². The molecule has 0 rings (SSSR count). The lowest BCUT2D eigenvalue weighted by molar-refractivity contribution is -0.167. The van der Waals surface area contributed by atoms with Crippen LogP contribution in [0.1, 0.15) is 259 Å². The van der Waals surface area contributed by atoms with Crippen LogP contribution in [-0.2, 0) is 28.6 Å². The first-order chi connectivity index (χ1) is 25.9. The Morgan fingerprint density at radius 3 is 0.981 bits per heavy atom. The highest BCUT2D eigenvalue weighted by molar-refractivity contribution is 5.71. The summed E-state index contributed by atoms with van der Waals surface area (Å²) in [6.07, 6.45) is 41.1. The molecule has 0 amide bonds. The summed E-state index contributed by atoms with van der Waals surface area (Å²) < 4.78 is 16.7. The molecular formula is C47H90O6. The Morgan fingerprint density at radius 1 is 0.377 bits per heavy atom. The molecule has 53 heavy (non-hydrogen) atoms. The Balaban J connectivity index is 4.18. The summed E-state index contributed by atoms with van der Waals surface area (Å²) in [5.41, 5.74) is 0. The highest BCUT2D eigenvalue weighted by atomic mass is 16.6. The molecule has 0 heterocycles. The lowest BCUT2D eigenvalue weighted by Crippen LogP contribution is -2.30. The number of hydrogen-bond donors (Lipinski definition) is 0. The van der Waals surface area contributed by atoms with Crippen molar-refractivity contribution in [3.8, 4) is 0 Å². The van der Waals surface area contributed by atoms with Crippen LogP contribution in [0.5, 0.6) is 0 Å². The largest absolute Gasteiger partial charge is 0.462 e. The van der Waals surface area contributed by atoms with Crippen LogP contribution in [0.2, 0.25) is 0 Å². The number of rotatable bonds is 42. The molecule has 314 valence electrons. The van der Waals surface area contributed by atoms with Gasteiger partial charge in [-0.25, -0.2) is 0 Å². The molecule has 0 aromatic carbocycles. The maximum Gasteiger partial charge on any atom is 0.306 e. The van der Waals surface area contributed by atoms with E-state index in [1.807, 2.05) is 0 Å². The molecule has 0 aromatic heterocycles. The van der Waals surface area contributed by atoms with Crippen molar-refractivity contribution in [1.82, 2.24) is 0 Å². The van der Waals surface area contributed by atoms with Gasteiger partial charge in [0.1, 0.15) is 13.2 Å². The van der Waals surface area contributed by atoms with Crippen LogP contribution in [0.25, 0.3) is 0 Å². The van der Waals surface area contributed by atoms with Crippen molar-refractivity contribution < 1.29 is 28.6 Å². The highest BCUT2D eigenvalue weighted by Gasteiger charge is 2.19. The second-order valence-electron chi connectivity index (χ2n) is 16.3. The second-order valence-corrected chi connectivity index (χ2v) is 16.3. The van der Waals surface area contributed by atoms with E-state index in [0.29, 0.717) is 19.3 Å². The third kappa shape index (κ3) is 39.9. The zero-order valence-corrected chi connectivity index (χ0v) is 36.0. The van der Waals surface area contributed by atoms with Crippen LogP contribution >= 0.6 is 0 Å². The van der Waals surface area contributed by atoms with E-state index in [1.54, 1.807) is 0 Å². The van der Waals surface area contributed by atoms with Crippen molar-refractivity contribution in [3.63, 3.8) is 0 Å². The van der Waals surface area contributed by atoms with E-state index in [2.05, 4.69) is 27.7 Å². The van der Waals surface area contributed by atoms with Gasteiger partial charge in [-0.1, -0.05) is 220 Å². The molecule has 0 bridgehead atoms. The average molecular weight is 751 g/mol. The fourth-order valence-electron chi connectivity index (χ4n) is 6.95. The van der Waals surface area contributed by atoms with Gasteiger partial charge < -0.3 is 14.2 Å². The van der Waals surface area contributed by atoms with Gasteiger partial charge in [0.15, 0.2) is 6.10 Å². The van der Waals surface area contributed by atoms with Crippen molar-refractivity contribution in [1.29, 1.82) is 0 Å². The normalized spacial score (nSPS) is 12.5. The van der Waals surface area contributed by atoms with Gasteiger partial charge in [0, 0.05) is 19.3 Å². The highest BCUT2D eigenvalue weighted by Crippen LogP contribution is 2.17. The van der Waals surface area contributed by atoms with Gasteiger partial charge in [0.2, 0.25) is 0 Å². The smallest absolute Gasteiger partial charge is 0.306 e. The minimum Gasteiger partial charge on any atom is -0.462 e. The van der Waals surface area contributed by atoms with E-state index >= 15 is 0 Å². The molecule has 0 aliphatic heterocycles. The molecular weight excluding hydrogens is 661 g/mol. The number of carbonyl (C=O) groups excluding carboxylic acids is 3. The Bertz CT molecular complexity index is 798. The van der Waals surface area contributed by atoms with E-state index < -0.39 is 6.10 Å². The van der Waals surface area contributed by atoms with Gasteiger partial charge in [-0.05, 0) is 25.2 Å². The lowest BCUT2D eigenvalue weighted by Gasteiger charge is -2.18. The summed E-state index contributed by atoms with van der Waals surface area (Å²) in [6.45, 7) is 8.93. The van der Waals surface area contributed by atoms with Gasteiger partial charge >= 0.3 is 17.9 Å². The first-order valence-corrected chi connectivity index (χ1v) is 23.4. The Labute approximate surface area is 329 Å². The molecule has 0 saturated carbocycles. The maximum atomic E-state index is 12.7. The summed E-state index contributed by atoms with van der Waals surface area (Å²) in [7, 11) is 0. The third-order valence-electron chi connectivity index (χ3n) is 10.9. The third-order valence-corrected chi connectivity index (χ3v) is 10.9. The Morgan fingerprint density at radius 2 is 0.660 bits per heavy atom. The molecule has 0 fully saturated rings. The van der Waals surface area contributed by atoms with Crippen molar-refractivity contribution in [2.75, 3.05) is 13.2 Å². The molecule has 0 N–H and O–H groups in total. The lowest BCUT2D eigenvalue weighted by atomic mass is 10.00. The average Bonchev–Trinajstić information content (AvgIpc) is 3.15. The van der Waals surface area contributed by atoms with Crippen LogP contribution in [0.4, 0.5) is 0 Å². The summed E-state index contributed by atoms with van der Waals surface area (Å²) in [5.74, 6) is -0.0529. The molecule has 6 nitrogen and oxygen atoms in total. The predicted molar refractivity (Wildman–Crippen MR) is 224 cm³/mol. The number of ether oxygens (including phenoxy) is 3. The van der Waals surface area contributed by atoms with E-state index in [1.165, 1.54) is 154 Å². The molecule has 0 saturated heterocycles. The van der Waals surface area contributed by atoms with E-state index in [-0.39, 0.29) is 31.1 Å². The first kappa shape index (κ1) is 51.4. The van der Waals surface area contributed by atoms with Gasteiger partial charge in [-0.15, -0.1) is 0 Å². The van der Waals surface area contributed by atoms with Crippen molar-refractivity contribution in [3.05, 3.63) is 0 Å². The standard InChI is InChI=1S/C47H90O6/c1-5-8-10-12-14-15-16-17-18-19-20-21-22-23-24-26-31-35-39-46(49)52-42-44(41-51-45(48)38-34-30-25-13-11-9-6-2)53-47(50)40-36-32-28-27-29-33-37-43(4)7-3/h43-44H,5-42H2,1-4H3/t43?,44-/m0/s1. The fraction of sp³-hybridized carbons (Fsp3) is 0.936. The summed E-state index contributed by atoms with van der Waals surface area (Å²) >= 11 is 0. The predicted octanol–water partition coefficient (Wildman–Crippen LogP) is 14.7. The second kappa shape index (κ2) is 41.6. The van der Waals surface area contributed by atoms with Crippen LogP contribution < -0.4 is 0 Å². The number of hydrogen-bond acceptors (Lipinski definition) is 6. The maximum absolute atomic E-state index is 12.7. The molecule has 2 atom stereocenters. The minimum absolute atomic E-state index is 0.0650. The summed E-state index contributed by atoms with van der Waals surface area (Å²) in [5, 5.41) is 0. The van der Waals surface area contributed by atoms with E-state index in [0.717, 1.165) is 63.7 Å². The van der Waals surface area contributed by atoms with Gasteiger partial charge in [-0.3, -0.25) is 14.4 Å². The van der Waals surface area contributed by atoms with Crippen molar-refractivity contribution in [2.24, 2.45) is 5.92 Å². The van der Waals surface area contributed by atoms with E-state index in [9.17, 15) is 14.4 Å². The Kier molecular flexibility index (Phi) is 40.3. The molecule has 1 unspecified atom stereocenters. The summed E-state index contributed by atoms with van der Waals surface area (Å²) in [4.78, 5) is 37.6. The molecule has 0 aliphatic carbocycles. The van der Waals surface area contributed by atoms with Gasteiger partial charge in [0.25, 0.3) is 0 Å². The van der Waals surface area contributed by atoms with Crippen LogP contribution in [0, 0.1) is 5.92 Å². The molecule has 0 spiro atoms. The van der Waals surface area contributed by atoms with Crippen LogP contribution in [0.3, 0.4) is 0 Å². The molecule has 6 heteroatoms. The monoisotopic (exact) mass is 751 g/mol. The quantitative estimate of drug-likeness (QED) is 0.0351. The fourth-order valence-corrected chi connectivity index (χ4v) is 6.95. The number of esters is 3. The zero-order chi connectivity index (χ0) is 38.9. The Hall–Kier alpha value is -1.59. The number of unbranched alkanes of at least 4 members (excludes halogenated alkanes) is 28. The summed E-state index contributed by atoms with van der Waals surface area (Å²) in [6, 6.07) is 0. The SMILES string of the molecule is CCCCCCCCCCCCCCCCCCCCC(=O)OC[C@H](COC(=O)CCCCCCCCC)OC(=O)CCCCCCCCC(C)CC. The number of carbonyl (C=O) groups is 3. The molecule has 0 aromatic rings. The van der Waals surface area contributed by atoms with Gasteiger partial charge in [-0.2, -0.15) is 0 Å². The zero-order valence-electron chi connectivity index (χ0n) is 36.0. The topological polar surface area (TPSA) is 78.9 Å². The van der Waals surface area contributed by atoms with Gasteiger partial charge in [0.05, 0.1) is 0 Å². The van der Waals surface area contributed by atoms with Crippen LogP contribution in [-0.4, -0.2) is 37.2 Å². The van der Waals surface area contributed by atoms with E-state index in [4.69, 9.17) is 14.2 Å². The van der Waals surface area contributed by atoms with Crippen molar-refractivity contribution >= 4 is 17.9 Å².